The Morgan fingerprint density at radius 3 is 3.00 bits per heavy atom. The van der Waals surface area contributed by atoms with Crippen molar-refractivity contribution in [2.24, 2.45) is 4.99 Å². The first-order chi connectivity index (χ1) is 9.25. The fraction of sp³-hybridized carbons (Fsp3) is 0. The van der Waals surface area contributed by atoms with E-state index >= 15 is 0 Å². The molecule has 1 aromatic carbocycles. The summed E-state index contributed by atoms with van der Waals surface area (Å²) < 4.78 is 5.09. The third-order valence-electron chi connectivity index (χ3n) is 2.54. The summed E-state index contributed by atoms with van der Waals surface area (Å²) in [6.45, 7) is 0. The zero-order valence-electron chi connectivity index (χ0n) is 9.57. The van der Waals surface area contributed by atoms with Gasteiger partial charge in [0.15, 0.2) is 0 Å². The van der Waals surface area contributed by atoms with E-state index in [1.54, 1.807) is 24.3 Å². The van der Waals surface area contributed by atoms with Crippen LogP contribution in [0.2, 0.25) is 0 Å². The topological polar surface area (TPSA) is 104 Å². The lowest BCUT2D eigenvalue weighted by Gasteiger charge is -2.01. The van der Waals surface area contributed by atoms with Crippen LogP contribution in [-0.4, -0.2) is 26.5 Å². The average molecular weight is 256 g/mol. The van der Waals surface area contributed by atoms with Gasteiger partial charge >= 0.3 is 5.63 Å². The fourth-order valence-corrected chi connectivity index (χ4v) is 1.65. The van der Waals surface area contributed by atoms with Gasteiger partial charge in [-0.2, -0.15) is 10.1 Å². The number of para-hydroxylation sites is 1. The van der Waals surface area contributed by atoms with Gasteiger partial charge in [0.05, 0.1) is 5.39 Å². The van der Waals surface area contributed by atoms with Gasteiger partial charge in [0.25, 0.3) is 0 Å². The van der Waals surface area contributed by atoms with E-state index in [9.17, 15) is 9.90 Å². The Kier molecular flexibility index (Phi) is 2.57. The second-order valence-electron chi connectivity index (χ2n) is 3.72. The van der Waals surface area contributed by atoms with Gasteiger partial charge in [0, 0.05) is 6.21 Å². The predicted molar refractivity (Wildman–Crippen MR) is 67.8 cm³/mol. The molecule has 0 radical (unpaired) electrons. The molecule has 0 saturated heterocycles. The molecule has 0 unspecified atom stereocenters. The Morgan fingerprint density at radius 2 is 2.21 bits per heavy atom. The number of benzene rings is 1. The second kappa shape index (κ2) is 4.37. The molecular weight excluding hydrogens is 248 g/mol. The first-order valence-electron chi connectivity index (χ1n) is 5.40. The Balaban J connectivity index is 2.16. The van der Waals surface area contributed by atoms with Crippen LogP contribution in [0.1, 0.15) is 5.56 Å². The van der Waals surface area contributed by atoms with Crippen LogP contribution < -0.4 is 5.63 Å². The molecule has 0 aliphatic carbocycles. The van der Waals surface area contributed by atoms with Gasteiger partial charge in [-0.05, 0) is 12.1 Å². The molecule has 2 N–H and O–H groups in total. The highest BCUT2D eigenvalue weighted by molar-refractivity contribution is 5.93. The molecule has 0 amide bonds. The van der Waals surface area contributed by atoms with E-state index in [0.29, 0.717) is 11.0 Å². The Labute approximate surface area is 106 Å². The van der Waals surface area contributed by atoms with Crippen LogP contribution in [0, 0.1) is 0 Å². The lowest BCUT2D eigenvalue weighted by atomic mass is 10.1. The van der Waals surface area contributed by atoms with Crippen molar-refractivity contribution in [2.75, 3.05) is 0 Å². The Hall–Kier alpha value is -2.96. The van der Waals surface area contributed by atoms with E-state index in [4.69, 9.17) is 4.42 Å². The Bertz CT molecular complexity index is 805. The highest BCUT2D eigenvalue weighted by Gasteiger charge is 2.11. The number of aromatic nitrogens is 3. The molecule has 2 aromatic heterocycles. The summed E-state index contributed by atoms with van der Waals surface area (Å²) in [5.41, 5.74) is -0.378. The highest BCUT2D eigenvalue weighted by atomic mass is 16.4. The number of H-pyrrole nitrogens is 1. The average Bonchev–Trinajstić information content (AvgIpc) is 2.92. The van der Waals surface area contributed by atoms with Gasteiger partial charge in [-0.3, -0.25) is 0 Å². The quantitative estimate of drug-likeness (QED) is 0.532. The van der Waals surface area contributed by atoms with Crippen molar-refractivity contribution in [2.45, 2.75) is 0 Å². The number of rotatable bonds is 2. The largest absolute Gasteiger partial charge is 0.506 e. The molecule has 0 saturated carbocycles. The predicted octanol–water partition coefficient (Wildman–Crippen LogP) is 1.37. The highest BCUT2D eigenvalue weighted by Crippen LogP contribution is 2.24. The first kappa shape index (κ1) is 11.1. The van der Waals surface area contributed by atoms with Crippen molar-refractivity contribution < 1.29 is 9.52 Å². The van der Waals surface area contributed by atoms with Crippen molar-refractivity contribution in [1.29, 1.82) is 0 Å². The Morgan fingerprint density at radius 1 is 1.37 bits per heavy atom. The summed E-state index contributed by atoms with van der Waals surface area (Å²) >= 11 is 0. The molecule has 94 valence electrons. The minimum absolute atomic E-state index is 0.0323. The molecule has 3 aromatic rings. The standard InChI is InChI=1S/C12H8N4O3/c17-10-7-3-1-2-4-9(7)19-11(18)8(10)5-13-12-14-6-15-16-12/h1-6,17H,(H,14,15,16)/b13-5+. The maximum Gasteiger partial charge on any atom is 0.348 e. The van der Waals surface area contributed by atoms with Gasteiger partial charge in [0.2, 0.25) is 5.95 Å². The zero-order valence-corrected chi connectivity index (χ0v) is 9.57. The van der Waals surface area contributed by atoms with E-state index in [2.05, 4.69) is 20.2 Å². The SMILES string of the molecule is O=c1oc2ccccc2c(O)c1/C=N/c1ncn[nH]1. The van der Waals surface area contributed by atoms with Gasteiger partial charge < -0.3 is 9.52 Å². The van der Waals surface area contributed by atoms with E-state index in [0.717, 1.165) is 0 Å². The van der Waals surface area contributed by atoms with Crippen LogP contribution >= 0.6 is 0 Å². The van der Waals surface area contributed by atoms with Gasteiger partial charge in [-0.25, -0.2) is 14.9 Å². The molecule has 3 rings (SSSR count). The van der Waals surface area contributed by atoms with E-state index in [1.807, 2.05) is 0 Å². The van der Waals surface area contributed by atoms with Crippen LogP contribution in [0.3, 0.4) is 0 Å². The van der Waals surface area contributed by atoms with Crippen LogP contribution in [-0.2, 0) is 0 Å². The minimum atomic E-state index is -0.667. The van der Waals surface area contributed by atoms with Crippen LogP contribution in [0.15, 0.2) is 44.8 Å². The normalized spacial score (nSPS) is 11.4. The molecule has 0 aliphatic heterocycles. The third-order valence-corrected chi connectivity index (χ3v) is 2.54. The molecule has 2 heterocycles. The lowest BCUT2D eigenvalue weighted by Crippen LogP contribution is -2.06. The first-order valence-corrected chi connectivity index (χ1v) is 5.40. The van der Waals surface area contributed by atoms with E-state index in [1.165, 1.54) is 12.5 Å². The summed E-state index contributed by atoms with van der Waals surface area (Å²) in [6, 6.07) is 6.71. The van der Waals surface area contributed by atoms with Crippen molar-refractivity contribution >= 4 is 23.1 Å². The summed E-state index contributed by atoms with van der Waals surface area (Å²) in [5, 5.41) is 16.6. The summed E-state index contributed by atoms with van der Waals surface area (Å²) in [4.78, 5) is 19.4. The van der Waals surface area contributed by atoms with E-state index < -0.39 is 5.63 Å². The van der Waals surface area contributed by atoms with Crippen molar-refractivity contribution in [1.82, 2.24) is 15.2 Å². The number of hydrogen-bond acceptors (Lipinski definition) is 6. The maximum absolute atomic E-state index is 11.7. The van der Waals surface area contributed by atoms with Gasteiger partial charge in [0.1, 0.15) is 23.2 Å². The van der Waals surface area contributed by atoms with Crippen molar-refractivity contribution in [3.8, 4) is 5.75 Å². The minimum Gasteiger partial charge on any atom is -0.506 e. The maximum atomic E-state index is 11.7. The van der Waals surface area contributed by atoms with Gasteiger partial charge in [-0.1, -0.05) is 12.1 Å². The zero-order chi connectivity index (χ0) is 13.2. The van der Waals surface area contributed by atoms with Crippen molar-refractivity contribution in [3.63, 3.8) is 0 Å². The fourth-order valence-electron chi connectivity index (χ4n) is 1.65. The second-order valence-corrected chi connectivity index (χ2v) is 3.72. The smallest absolute Gasteiger partial charge is 0.348 e. The molecule has 0 aliphatic rings. The number of nitrogens with one attached hydrogen (secondary N) is 1. The molecule has 0 spiro atoms. The molecule has 7 nitrogen and oxygen atoms in total. The van der Waals surface area contributed by atoms with E-state index in [-0.39, 0.29) is 17.3 Å². The number of fused-ring (bicyclic) bond motifs is 1. The summed E-state index contributed by atoms with van der Waals surface area (Å²) in [7, 11) is 0. The number of hydrogen-bond donors (Lipinski definition) is 2. The van der Waals surface area contributed by atoms with Crippen molar-refractivity contribution in [3.05, 3.63) is 46.6 Å². The van der Waals surface area contributed by atoms with Crippen LogP contribution in [0.5, 0.6) is 5.75 Å². The summed E-state index contributed by atoms with van der Waals surface area (Å²) in [6.07, 6.45) is 2.48. The molecule has 0 atom stereocenters. The monoisotopic (exact) mass is 256 g/mol. The number of aliphatic imine (C=N–C) groups is 1. The molecule has 19 heavy (non-hydrogen) atoms. The molecule has 0 bridgehead atoms. The lowest BCUT2D eigenvalue weighted by molar-refractivity contribution is 0.466. The number of aromatic hydroxyl groups is 1. The van der Waals surface area contributed by atoms with Gasteiger partial charge in [-0.15, -0.1) is 0 Å². The molecular formula is C12H8N4O3. The number of nitrogens with zero attached hydrogens (tertiary/aromatic N) is 3. The molecule has 0 fully saturated rings. The number of aromatic amines is 1. The summed E-state index contributed by atoms with van der Waals surface area (Å²) in [5.74, 6) is 0.0575. The van der Waals surface area contributed by atoms with Crippen LogP contribution in [0.25, 0.3) is 11.0 Å². The van der Waals surface area contributed by atoms with Crippen LogP contribution in [0.4, 0.5) is 5.95 Å². The molecule has 7 heteroatoms. The third kappa shape index (κ3) is 1.97.